The summed E-state index contributed by atoms with van der Waals surface area (Å²) < 4.78 is 11.0. The Hall–Kier alpha value is -2.14. The topological polar surface area (TPSA) is 56.3 Å². The number of hydrogen-bond donors (Lipinski definition) is 1. The molecule has 25 heavy (non-hydrogen) atoms. The molecule has 0 radical (unpaired) electrons. The molecule has 0 spiro atoms. The zero-order chi connectivity index (χ0) is 17.6. The molecule has 1 aliphatic carbocycles. The Morgan fingerprint density at radius 1 is 1.08 bits per heavy atom. The Labute approximate surface area is 149 Å². The summed E-state index contributed by atoms with van der Waals surface area (Å²) in [5, 5.41) is 3.52. The third kappa shape index (κ3) is 4.48. The van der Waals surface area contributed by atoms with E-state index < -0.39 is 0 Å². The van der Waals surface area contributed by atoms with Crippen molar-refractivity contribution in [1.29, 1.82) is 0 Å². The highest BCUT2D eigenvalue weighted by Gasteiger charge is 2.17. The van der Waals surface area contributed by atoms with Crippen LogP contribution in [0.3, 0.4) is 0 Å². The van der Waals surface area contributed by atoms with Crippen molar-refractivity contribution in [3.05, 3.63) is 46.4 Å². The lowest BCUT2D eigenvalue weighted by molar-refractivity contribution is 0.146. The van der Waals surface area contributed by atoms with Crippen molar-refractivity contribution in [1.82, 2.24) is 9.97 Å². The maximum atomic E-state index is 5.89. The van der Waals surface area contributed by atoms with E-state index in [1.165, 1.54) is 29.7 Å². The molecule has 0 aliphatic heterocycles. The van der Waals surface area contributed by atoms with E-state index in [-0.39, 0.29) is 0 Å². The Kier molecular flexibility index (Phi) is 5.87. The second-order valence-electron chi connectivity index (χ2n) is 6.56. The first kappa shape index (κ1) is 17.7. The molecule has 0 unspecified atom stereocenters. The van der Waals surface area contributed by atoms with Crippen LogP contribution in [0.5, 0.6) is 5.75 Å². The van der Waals surface area contributed by atoms with Crippen LogP contribution in [0.1, 0.15) is 41.1 Å². The van der Waals surface area contributed by atoms with Gasteiger partial charge in [-0.2, -0.15) is 0 Å². The van der Waals surface area contributed by atoms with Crippen LogP contribution in [-0.2, 0) is 24.1 Å². The summed E-state index contributed by atoms with van der Waals surface area (Å²) >= 11 is 0. The van der Waals surface area contributed by atoms with Crippen LogP contribution in [0.2, 0.25) is 0 Å². The molecule has 5 heteroatoms. The lowest BCUT2D eigenvalue weighted by Crippen LogP contribution is -2.14. The van der Waals surface area contributed by atoms with Crippen molar-refractivity contribution in [3.8, 4) is 5.75 Å². The summed E-state index contributed by atoms with van der Waals surface area (Å²) in [4.78, 5) is 9.26. The van der Waals surface area contributed by atoms with E-state index in [1.54, 1.807) is 7.11 Å². The lowest BCUT2D eigenvalue weighted by Gasteiger charge is -2.20. The predicted octanol–water partition coefficient (Wildman–Crippen LogP) is 3.61. The van der Waals surface area contributed by atoms with Gasteiger partial charge in [0.15, 0.2) is 0 Å². The second-order valence-corrected chi connectivity index (χ2v) is 6.56. The molecule has 1 aromatic carbocycles. The molecule has 2 aromatic rings. The molecule has 0 atom stereocenters. The van der Waals surface area contributed by atoms with Gasteiger partial charge in [-0.3, -0.25) is 0 Å². The van der Waals surface area contributed by atoms with Gasteiger partial charge in [0, 0.05) is 30.5 Å². The Morgan fingerprint density at radius 3 is 2.76 bits per heavy atom. The molecule has 1 heterocycles. The highest BCUT2D eigenvalue weighted by atomic mass is 16.5. The second kappa shape index (κ2) is 8.30. The van der Waals surface area contributed by atoms with Gasteiger partial charge in [0.05, 0.1) is 6.61 Å². The SMILES string of the molecule is COCCOc1cc(C)ccc1CNc1nc(C)nc2c1CCCC2. The smallest absolute Gasteiger partial charge is 0.133 e. The number of nitrogens with zero attached hydrogens (tertiary/aromatic N) is 2. The molecule has 1 aromatic heterocycles. The Balaban J connectivity index is 1.76. The quantitative estimate of drug-likeness (QED) is 0.780. The van der Waals surface area contributed by atoms with Gasteiger partial charge in [-0.25, -0.2) is 9.97 Å². The molecule has 0 amide bonds. The van der Waals surface area contributed by atoms with Crippen LogP contribution in [-0.4, -0.2) is 30.3 Å². The van der Waals surface area contributed by atoms with Gasteiger partial charge in [0.2, 0.25) is 0 Å². The van der Waals surface area contributed by atoms with Crippen LogP contribution in [0, 0.1) is 13.8 Å². The minimum absolute atomic E-state index is 0.551. The van der Waals surface area contributed by atoms with E-state index in [4.69, 9.17) is 9.47 Å². The molecule has 5 nitrogen and oxygen atoms in total. The van der Waals surface area contributed by atoms with Gasteiger partial charge in [-0.05, 0) is 51.2 Å². The maximum Gasteiger partial charge on any atom is 0.133 e. The fourth-order valence-corrected chi connectivity index (χ4v) is 3.22. The number of nitrogens with one attached hydrogen (secondary N) is 1. The predicted molar refractivity (Wildman–Crippen MR) is 99.3 cm³/mol. The van der Waals surface area contributed by atoms with Gasteiger partial charge in [-0.1, -0.05) is 12.1 Å². The molecular formula is C20H27N3O2. The highest BCUT2D eigenvalue weighted by molar-refractivity contribution is 5.49. The maximum absolute atomic E-state index is 5.89. The number of rotatable bonds is 7. The summed E-state index contributed by atoms with van der Waals surface area (Å²) in [7, 11) is 1.68. The summed E-state index contributed by atoms with van der Waals surface area (Å²) in [6.07, 6.45) is 4.55. The van der Waals surface area contributed by atoms with Gasteiger partial charge >= 0.3 is 0 Å². The Morgan fingerprint density at radius 2 is 1.92 bits per heavy atom. The number of aromatic nitrogens is 2. The molecule has 0 fully saturated rings. The van der Waals surface area contributed by atoms with Gasteiger partial charge in [0.25, 0.3) is 0 Å². The summed E-state index contributed by atoms with van der Waals surface area (Å²) in [5.41, 5.74) is 4.81. The fraction of sp³-hybridized carbons (Fsp3) is 0.500. The Bertz CT molecular complexity index is 731. The van der Waals surface area contributed by atoms with Crippen molar-refractivity contribution in [2.24, 2.45) is 0 Å². The molecule has 0 saturated heterocycles. The molecular weight excluding hydrogens is 314 g/mol. The number of hydrogen-bond acceptors (Lipinski definition) is 5. The minimum Gasteiger partial charge on any atom is -0.491 e. The van der Waals surface area contributed by atoms with Crippen LogP contribution >= 0.6 is 0 Å². The normalized spacial score (nSPS) is 13.4. The zero-order valence-electron chi connectivity index (χ0n) is 15.4. The van der Waals surface area contributed by atoms with Gasteiger partial charge < -0.3 is 14.8 Å². The molecule has 3 rings (SSSR count). The van der Waals surface area contributed by atoms with Crippen LogP contribution < -0.4 is 10.1 Å². The number of ether oxygens (including phenoxy) is 2. The van der Waals surface area contributed by atoms with E-state index >= 15 is 0 Å². The monoisotopic (exact) mass is 341 g/mol. The van der Waals surface area contributed by atoms with Gasteiger partial charge in [-0.15, -0.1) is 0 Å². The van der Waals surface area contributed by atoms with E-state index in [9.17, 15) is 0 Å². The molecule has 1 aliphatic rings. The first-order valence-corrected chi connectivity index (χ1v) is 8.99. The number of fused-ring (bicyclic) bond motifs is 1. The molecule has 0 saturated carbocycles. The standard InChI is InChI=1S/C20H27N3O2/c1-14-8-9-16(19(12-14)25-11-10-24-3)13-21-20-17-6-4-5-7-18(17)22-15(2)23-20/h8-9,12H,4-7,10-11,13H2,1-3H3,(H,21,22,23). The van der Waals surface area contributed by atoms with Crippen LogP contribution in [0.25, 0.3) is 0 Å². The van der Waals surface area contributed by atoms with Crippen molar-refractivity contribution in [3.63, 3.8) is 0 Å². The molecule has 1 N–H and O–H groups in total. The third-order valence-corrected chi connectivity index (χ3v) is 4.51. The van der Waals surface area contributed by atoms with Crippen LogP contribution in [0.4, 0.5) is 5.82 Å². The van der Waals surface area contributed by atoms with E-state index in [0.717, 1.165) is 35.8 Å². The lowest BCUT2D eigenvalue weighted by atomic mass is 9.96. The average Bonchev–Trinajstić information content (AvgIpc) is 2.61. The first-order valence-electron chi connectivity index (χ1n) is 8.99. The number of benzene rings is 1. The van der Waals surface area contributed by atoms with Gasteiger partial charge in [0.1, 0.15) is 24.0 Å². The minimum atomic E-state index is 0.551. The average molecular weight is 341 g/mol. The summed E-state index contributed by atoms with van der Waals surface area (Å²) in [5.74, 6) is 2.72. The zero-order valence-corrected chi connectivity index (χ0v) is 15.4. The highest BCUT2D eigenvalue weighted by Crippen LogP contribution is 2.27. The van der Waals surface area contributed by atoms with E-state index in [2.05, 4.69) is 40.4 Å². The van der Waals surface area contributed by atoms with Crippen molar-refractivity contribution >= 4 is 5.82 Å². The third-order valence-electron chi connectivity index (χ3n) is 4.51. The summed E-state index contributed by atoms with van der Waals surface area (Å²) in [6.45, 7) is 5.86. The number of anilines is 1. The summed E-state index contributed by atoms with van der Waals surface area (Å²) in [6, 6.07) is 6.30. The number of methoxy groups -OCH3 is 1. The van der Waals surface area contributed by atoms with E-state index in [0.29, 0.717) is 19.8 Å². The van der Waals surface area contributed by atoms with E-state index in [1.807, 2.05) is 6.92 Å². The largest absolute Gasteiger partial charge is 0.491 e. The molecule has 134 valence electrons. The van der Waals surface area contributed by atoms with Crippen molar-refractivity contribution < 1.29 is 9.47 Å². The first-order chi connectivity index (χ1) is 12.2. The van der Waals surface area contributed by atoms with Crippen molar-refractivity contribution in [2.75, 3.05) is 25.6 Å². The van der Waals surface area contributed by atoms with Crippen molar-refractivity contribution in [2.45, 2.75) is 46.1 Å². The number of aryl methyl sites for hydroxylation is 3. The molecule has 0 bridgehead atoms. The fourth-order valence-electron chi connectivity index (χ4n) is 3.22. The van der Waals surface area contributed by atoms with Crippen LogP contribution in [0.15, 0.2) is 18.2 Å².